The molecule has 0 aromatic heterocycles. The van der Waals surface area contributed by atoms with Crippen LogP contribution in [0.25, 0.3) is 22.3 Å². The van der Waals surface area contributed by atoms with Crippen molar-refractivity contribution < 1.29 is 38.4 Å². The monoisotopic (exact) mass is 690 g/mol. The highest BCUT2D eigenvalue weighted by atomic mass is 32.3. The molecule has 0 bridgehead atoms. The van der Waals surface area contributed by atoms with Crippen LogP contribution in [0.15, 0.2) is 109 Å². The zero-order chi connectivity index (χ0) is 32.5. The number of ether oxygens (including phenoxy) is 1. The number of benzene rings is 4. The van der Waals surface area contributed by atoms with Crippen molar-refractivity contribution in [1.82, 2.24) is 0 Å². The maximum atomic E-state index is 12.5. The molecule has 0 amide bonds. The van der Waals surface area contributed by atoms with E-state index in [1.54, 1.807) is 36.4 Å². The predicted molar refractivity (Wildman–Crippen MR) is 173 cm³/mol. The lowest BCUT2D eigenvalue weighted by Gasteiger charge is -2.11. The first kappa shape index (κ1) is 34.3. The SMILES string of the molecule is Cc1ccc(-c2ccc(O[S-](=O)=NS(=O)(=O)CCOCCO[S-](=O)=NS(=O)(=O)c3ccc(-c4ccc(C)cc4)cc3)cc2)cc1. The highest BCUT2D eigenvalue weighted by molar-refractivity contribution is 7.95. The number of hydrogen-bond acceptors (Lipinski definition) is 11. The van der Waals surface area contributed by atoms with Gasteiger partial charge < -0.3 is 21.5 Å². The van der Waals surface area contributed by atoms with E-state index in [2.05, 4.69) is 7.54 Å². The molecule has 0 fully saturated rings. The smallest absolute Gasteiger partial charge is 0.262 e. The molecule has 0 heterocycles. The van der Waals surface area contributed by atoms with Crippen LogP contribution in [0.2, 0.25) is 0 Å². The van der Waals surface area contributed by atoms with Crippen LogP contribution in [0, 0.1) is 13.8 Å². The normalized spacial score (nSPS) is 13.5. The number of rotatable bonds is 14. The number of aryl methyl sites for hydroxylation is 2. The third kappa shape index (κ3) is 10.8. The van der Waals surface area contributed by atoms with Crippen LogP contribution in [-0.2, 0) is 59.1 Å². The van der Waals surface area contributed by atoms with Crippen LogP contribution < -0.4 is 4.18 Å². The fraction of sp³-hybridized carbons (Fsp3) is 0.200. The van der Waals surface area contributed by atoms with Gasteiger partial charge in [0.15, 0.2) is 0 Å². The molecule has 0 spiro atoms. The average molecular weight is 691 g/mol. The van der Waals surface area contributed by atoms with Gasteiger partial charge in [0.25, 0.3) is 10.0 Å². The molecule has 0 radical (unpaired) electrons. The van der Waals surface area contributed by atoms with E-state index in [0.29, 0.717) is 0 Å². The minimum atomic E-state index is -4.26. The minimum Gasteiger partial charge on any atom is -0.546 e. The largest absolute Gasteiger partial charge is 0.546 e. The number of sulfonamides is 2. The summed E-state index contributed by atoms with van der Waals surface area (Å²) in [6, 6.07) is 28.2. The minimum absolute atomic E-state index is 0.152. The Kier molecular flexibility index (Phi) is 11.9. The summed E-state index contributed by atoms with van der Waals surface area (Å²) in [5, 5.41) is 0. The fourth-order valence-electron chi connectivity index (χ4n) is 3.82. The zero-order valence-electron chi connectivity index (χ0n) is 24.3. The number of nitrogens with zero attached hydrogens (tertiary/aromatic N) is 2. The van der Waals surface area contributed by atoms with Crippen LogP contribution >= 0.6 is 0 Å². The summed E-state index contributed by atoms with van der Waals surface area (Å²) >= 11 is 0. The summed E-state index contributed by atoms with van der Waals surface area (Å²) in [6.45, 7) is 3.07. The molecule has 4 rings (SSSR count). The zero-order valence-corrected chi connectivity index (χ0v) is 27.5. The molecule has 0 saturated carbocycles. The Morgan fingerprint density at radius 2 is 1.04 bits per heavy atom. The third-order valence-electron chi connectivity index (χ3n) is 6.17. The summed E-state index contributed by atoms with van der Waals surface area (Å²) in [4.78, 5) is -0.152. The third-order valence-corrected chi connectivity index (χ3v) is 11.1. The Morgan fingerprint density at radius 1 is 0.578 bits per heavy atom. The van der Waals surface area contributed by atoms with Gasteiger partial charge in [-0.05, 0) is 71.2 Å². The van der Waals surface area contributed by atoms with E-state index in [9.17, 15) is 25.3 Å². The van der Waals surface area contributed by atoms with Gasteiger partial charge in [-0.1, -0.05) is 83.9 Å². The molecule has 0 saturated heterocycles. The Bertz CT molecular complexity index is 1980. The molecule has 0 N–H and O–H groups in total. The fourth-order valence-corrected chi connectivity index (χ4v) is 7.43. The molecule has 0 aliphatic carbocycles. The Balaban J connectivity index is 1.19. The maximum absolute atomic E-state index is 12.5. The second-order valence-electron chi connectivity index (χ2n) is 9.64. The standard InChI is InChI=1S/C30H30N2O9S4/c1-23-3-7-25(8-4-23)27-11-15-29(16-12-27)41-43(34)31-44(35,36)22-21-39-19-20-40-42(33)32-45(37,38)30-17-13-28(14-18-30)26-9-5-24(2)6-10-26/h3-18H,19-22H2,1-2H3/q-2. The molecule has 0 unspecified atom stereocenters. The molecule has 0 aliphatic heterocycles. The molecule has 15 heteroatoms. The summed E-state index contributed by atoms with van der Waals surface area (Å²) in [5.74, 6) is -0.425. The quantitative estimate of drug-likeness (QED) is 0.116. The van der Waals surface area contributed by atoms with E-state index in [-0.39, 0.29) is 30.5 Å². The summed E-state index contributed by atoms with van der Waals surface area (Å²) in [5.41, 5.74) is 5.83. The van der Waals surface area contributed by atoms with E-state index >= 15 is 0 Å². The van der Waals surface area contributed by atoms with E-state index in [4.69, 9.17) is 13.1 Å². The molecule has 240 valence electrons. The Labute approximate surface area is 267 Å². The van der Waals surface area contributed by atoms with Gasteiger partial charge in [-0.15, -0.1) is 0 Å². The van der Waals surface area contributed by atoms with Gasteiger partial charge in [0.2, 0.25) is 10.0 Å². The number of hydrogen-bond donors (Lipinski definition) is 0. The summed E-state index contributed by atoms with van der Waals surface area (Å²) in [6.07, 6.45) is 0. The molecular weight excluding hydrogens is 661 g/mol. The molecular formula is C30H30N2O9S4-2. The van der Waals surface area contributed by atoms with Crippen molar-refractivity contribution in [3.63, 3.8) is 0 Å². The van der Waals surface area contributed by atoms with Crippen molar-refractivity contribution in [2.45, 2.75) is 18.7 Å². The second-order valence-corrected chi connectivity index (χ2v) is 15.1. The van der Waals surface area contributed by atoms with Gasteiger partial charge in [-0.3, -0.25) is 3.77 Å². The van der Waals surface area contributed by atoms with Crippen LogP contribution in [0.4, 0.5) is 0 Å². The lowest BCUT2D eigenvalue weighted by molar-refractivity contribution is 0.116. The van der Waals surface area contributed by atoms with Crippen molar-refractivity contribution in [1.29, 1.82) is 0 Å². The van der Waals surface area contributed by atoms with Gasteiger partial charge >= 0.3 is 0 Å². The van der Waals surface area contributed by atoms with Crippen LogP contribution in [0.1, 0.15) is 11.1 Å². The van der Waals surface area contributed by atoms with E-state index in [1.165, 1.54) is 12.1 Å². The van der Waals surface area contributed by atoms with Crippen LogP contribution in [0.5, 0.6) is 5.75 Å². The molecule has 4 aromatic carbocycles. The topological polar surface area (TPSA) is 155 Å². The average Bonchev–Trinajstić information content (AvgIpc) is 2.99. The highest BCUT2D eigenvalue weighted by Gasteiger charge is 2.10. The van der Waals surface area contributed by atoms with Crippen molar-refractivity contribution in [3.8, 4) is 28.0 Å². The van der Waals surface area contributed by atoms with Crippen LogP contribution in [0.3, 0.4) is 0 Å². The lowest BCUT2D eigenvalue weighted by Crippen LogP contribution is -2.13. The van der Waals surface area contributed by atoms with E-state index in [0.717, 1.165) is 33.4 Å². The first-order valence-electron chi connectivity index (χ1n) is 13.4. The molecule has 0 atom stereocenters. The molecule has 45 heavy (non-hydrogen) atoms. The van der Waals surface area contributed by atoms with Crippen molar-refractivity contribution in [2.24, 2.45) is 7.54 Å². The first-order valence-corrected chi connectivity index (χ1v) is 18.5. The summed E-state index contributed by atoms with van der Waals surface area (Å²) in [7, 11) is -13.5. The maximum Gasteiger partial charge on any atom is 0.262 e. The van der Waals surface area contributed by atoms with Gasteiger partial charge in [-0.2, -0.15) is 0 Å². The predicted octanol–water partition coefficient (Wildman–Crippen LogP) is 5.89. The van der Waals surface area contributed by atoms with Gasteiger partial charge in [-0.25, -0.2) is 20.6 Å². The highest BCUT2D eigenvalue weighted by Crippen LogP contribution is 2.24. The second kappa shape index (κ2) is 15.6. The summed E-state index contributed by atoms with van der Waals surface area (Å²) < 4.78 is 95.0. The van der Waals surface area contributed by atoms with Crippen molar-refractivity contribution in [3.05, 3.63) is 108 Å². The van der Waals surface area contributed by atoms with Crippen LogP contribution in [-0.4, -0.2) is 42.4 Å². The Hall–Kier alpha value is -3.60. The lowest BCUT2D eigenvalue weighted by atomic mass is 10.0. The Morgan fingerprint density at radius 3 is 1.56 bits per heavy atom. The molecule has 11 nitrogen and oxygen atoms in total. The van der Waals surface area contributed by atoms with Gasteiger partial charge in [0, 0.05) is 17.5 Å². The molecule has 0 aliphatic rings. The van der Waals surface area contributed by atoms with Crippen molar-refractivity contribution >= 4 is 41.8 Å². The van der Waals surface area contributed by atoms with Gasteiger partial charge in [0.05, 0.1) is 23.9 Å². The van der Waals surface area contributed by atoms with Gasteiger partial charge in [0.1, 0.15) is 5.75 Å². The molecule has 4 aromatic rings. The van der Waals surface area contributed by atoms with E-state index < -0.39 is 47.6 Å². The first-order chi connectivity index (χ1) is 21.4. The van der Waals surface area contributed by atoms with Crippen molar-refractivity contribution in [2.75, 3.05) is 25.6 Å². The van der Waals surface area contributed by atoms with E-state index in [1.807, 2.05) is 62.4 Å².